The lowest BCUT2D eigenvalue weighted by Crippen LogP contribution is -2.33. The minimum Gasteiger partial charge on any atom is -0.744 e. The number of thiazole rings is 1. The zero-order valence-corrected chi connectivity index (χ0v) is 17.1. The molecule has 4 aromatic rings. The Morgan fingerprint density at radius 2 is 1.56 bits per heavy atom. The van der Waals surface area contributed by atoms with E-state index in [2.05, 4.69) is 54.8 Å². The van der Waals surface area contributed by atoms with Crippen LogP contribution in [0, 0.1) is 13.8 Å². The van der Waals surface area contributed by atoms with Crippen molar-refractivity contribution in [1.29, 1.82) is 0 Å². The maximum Gasteiger partial charge on any atom is 0.235 e. The fraction of sp³-hybridized carbons (Fsp3) is 0.190. The highest BCUT2D eigenvalue weighted by Crippen LogP contribution is 2.25. The quantitative estimate of drug-likeness (QED) is 0.366. The molecule has 0 saturated heterocycles. The minimum absolute atomic E-state index is 0.178. The summed E-state index contributed by atoms with van der Waals surface area (Å²) < 4.78 is 34.9. The molecule has 0 saturated carbocycles. The van der Waals surface area contributed by atoms with Crippen molar-refractivity contribution in [2.24, 2.45) is 0 Å². The van der Waals surface area contributed by atoms with Crippen LogP contribution in [0.4, 0.5) is 0 Å². The lowest BCUT2D eigenvalue weighted by Gasteiger charge is -2.05. The largest absolute Gasteiger partial charge is 0.744 e. The Morgan fingerprint density at radius 1 is 0.963 bits per heavy atom. The Hall–Kier alpha value is -2.28. The molecule has 27 heavy (non-hydrogen) atoms. The van der Waals surface area contributed by atoms with E-state index in [0.717, 1.165) is 12.1 Å². The van der Waals surface area contributed by atoms with Crippen LogP contribution in [0.1, 0.15) is 17.5 Å². The topological polar surface area (TPSA) is 61.1 Å². The van der Waals surface area contributed by atoms with E-state index in [1.807, 2.05) is 18.3 Å². The van der Waals surface area contributed by atoms with E-state index in [4.69, 9.17) is 0 Å². The Kier molecular flexibility index (Phi) is 5.60. The number of benzene rings is 3. The Balaban J connectivity index is 0.000000168. The van der Waals surface area contributed by atoms with Crippen LogP contribution >= 0.6 is 11.3 Å². The summed E-state index contributed by atoms with van der Waals surface area (Å²) >= 11 is 1.88. The molecule has 6 heteroatoms. The summed E-state index contributed by atoms with van der Waals surface area (Å²) in [7, 11) is -4.27. The molecule has 0 aliphatic rings. The number of nitrogens with zero attached hydrogens (tertiary/aromatic N) is 1. The van der Waals surface area contributed by atoms with Gasteiger partial charge in [0.05, 0.1) is 4.90 Å². The van der Waals surface area contributed by atoms with Crippen LogP contribution < -0.4 is 4.57 Å². The van der Waals surface area contributed by atoms with Crippen molar-refractivity contribution in [2.75, 3.05) is 0 Å². The van der Waals surface area contributed by atoms with E-state index in [9.17, 15) is 13.0 Å². The molecule has 0 fully saturated rings. The zero-order valence-electron chi connectivity index (χ0n) is 15.5. The fourth-order valence-corrected chi connectivity index (χ4v) is 4.57. The first-order valence-electron chi connectivity index (χ1n) is 8.64. The van der Waals surface area contributed by atoms with Crippen LogP contribution in [-0.2, 0) is 16.7 Å². The molecule has 0 unspecified atom stereocenters. The first kappa shape index (κ1) is 19.5. The third kappa shape index (κ3) is 4.35. The number of hydrogen-bond acceptors (Lipinski definition) is 4. The van der Waals surface area contributed by atoms with Crippen molar-refractivity contribution in [3.8, 4) is 0 Å². The highest BCUT2D eigenvalue weighted by atomic mass is 32.2. The van der Waals surface area contributed by atoms with E-state index < -0.39 is 10.1 Å². The van der Waals surface area contributed by atoms with Gasteiger partial charge in [-0.05, 0) is 42.8 Å². The van der Waals surface area contributed by atoms with Gasteiger partial charge >= 0.3 is 0 Å². The molecule has 0 atom stereocenters. The van der Waals surface area contributed by atoms with Gasteiger partial charge in [0, 0.05) is 13.0 Å². The van der Waals surface area contributed by atoms with Gasteiger partial charge in [0.1, 0.15) is 21.4 Å². The molecule has 4 rings (SSSR count). The third-order valence-corrected chi connectivity index (χ3v) is 6.29. The van der Waals surface area contributed by atoms with Gasteiger partial charge in [0.15, 0.2) is 0 Å². The molecule has 4 nitrogen and oxygen atoms in total. The Labute approximate surface area is 163 Å². The number of rotatable bonds is 2. The molecule has 0 amide bonds. The lowest BCUT2D eigenvalue weighted by molar-refractivity contribution is -0.669. The van der Waals surface area contributed by atoms with Crippen molar-refractivity contribution in [3.63, 3.8) is 0 Å². The molecule has 0 bridgehead atoms. The first-order valence-corrected chi connectivity index (χ1v) is 10.9. The molecule has 3 aromatic carbocycles. The predicted molar refractivity (Wildman–Crippen MR) is 109 cm³/mol. The fourth-order valence-electron chi connectivity index (χ4n) is 2.98. The van der Waals surface area contributed by atoms with E-state index in [1.54, 1.807) is 12.1 Å². The van der Waals surface area contributed by atoms with E-state index >= 15 is 0 Å². The summed E-state index contributed by atoms with van der Waals surface area (Å²) in [6, 6.07) is 18.9. The normalized spacial score (nSPS) is 11.4. The number of aryl methyl sites for hydroxylation is 3. The van der Waals surface area contributed by atoms with E-state index in [0.29, 0.717) is 0 Å². The van der Waals surface area contributed by atoms with Crippen LogP contribution in [-0.4, -0.2) is 13.0 Å². The average Bonchev–Trinajstić information content (AvgIpc) is 2.93. The van der Waals surface area contributed by atoms with Gasteiger partial charge in [-0.1, -0.05) is 53.3 Å². The van der Waals surface area contributed by atoms with Gasteiger partial charge in [0.25, 0.3) is 0 Å². The van der Waals surface area contributed by atoms with Crippen LogP contribution in [0.2, 0.25) is 0 Å². The van der Waals surface area contributed by atoms with Gasteiger partial charge in [0.2, 0.25) is 10.5 Å². The van der Waals surface area contributed by atoms with Crippen molar-refractivity contribution < 1.29 is 17.5 Å². The van der Waals surface area contributed by atoms with Gasteiger partial charge in [-0.15, -0.1) is 0 Å². The van der Waals surface area contributed by atoms with Crippen molar-refractivity contribution >= 4 is 42.4 Å². The molecule has 140 valence electrons. The molecular formula is C21H21NO3S2. The van der Waals surface area contributed by atoms with Crippen LogP contribution in [0.5, 0.6) is 0 Å². The van der Waals surface area contributed by atoms with Crippen molar-refractivity contribution in [3.05, 3.63) is 71.2 Å². The molecule has 1 aromatic heterocycles. The molecule has 0 aliphatic heterocycles. The van der Waals surface area contributed by atoms with Gasteiger partial charge in [-0.3, -0.25) is 0 Å². The molecule has 1 heterocycles. The van der Waals surface area contributed by atoms with Gasteiger partial charge in [-0.2, -0.15) is 4.57 Å². The average molecular weight is 400 g/mol. The highest BCUT2D eigenvalue weighted by Gasteiger charge is 2.15. The summed E-state index contributed by atoms with van der Waals surface area (Å²) in [4.78, 5) is -0.178. The molecule has 0 radical (unpaired) electrons. The predicted octanol–water partition coefficient (Wildman–Crippen LogP) is 4.57. The third-order valence-electron chi connectivity index (χ3n) is 4.38. The maximum absolute atomic E-state index is 10.4. The number of hydrogen-bond donors (Lipinski definition) is 0. The first-order chi connectivity index (χ1) is 12.8. The summed E-state index contributed by atoms with van der Waals surface area (Å²) in [5.74, 6) is 0. The summed E-state index contributed by atoms with van der Waals surface area (Å²) in [5.41, 5.74) is 2.29. The van der Waals surface area contributed by atoms with Gasteiger partial charge in [-0.25, -0.2) is 8.42 Å². The molecule has 0 spiro atoms. The lowest BCUT2D eigenvalue weighted by atomic mass is 10.1. The number of aromatic nitrogens is 1. The van der Waals surface area contributed by atoms with Crippen LogP contribution in [0.15, 0.2) is 65.6 Å². The van der Waals surface area contributed by atoms with Gasteiger partial charge < -0.3 is 4.55 Å². The van der Waals surface area contributed by atoms with Crippen molar-refractivity contribution in [1.82, 2.24) is 0 Å². The highest BCUT2D eigenvalue weighted by molar-refractivity contribution is 7.85. The smallest absolute Gasteiger partial charge is 0.235 e. The minimum atomic E-state index is -4.27. The molecule has 0 aliphatic carbocycles. The second-order valence-electron chi connectivity index (χ2n) is 6.30. The van der Waals surface area contributed by atoms with E-state index in [-0.39, 0.29) is 4.90 Å². The Morgan fingerprint density at radius 3 is 2.11 bits per heavy atom. The second kappa shape index (κ2) is 7.76. The van der Waals surface area contributed by atoms with Crippen LogP contribution in [0.25, 0.3) is 21.0 Å². The number of fused-ring (bicyclic) bond motifs is 2. The summed E-state index contributed by atoms with van der Waals surface area (Å²) in [5, 5.41) is 4.04. The summed E-state index contributed by atoms with van der Waals surface area (Å²) in [6.07, 6.45) is 0. The maximum atomic E-state index is 10.4. The molecular weight excluding hydrogens is 378 g/mol. The Bertz CT molecular complexity index is 1190. The van der Waals surface area contributed by atoms with Crippen molar-refractivity contribution in [2.45, 2.75) is 32.2 Å². The van der Waals surface area contributed by atoms with E-state index in [1.165, 1.54) is 38.1 Å². The summed E-state index contributed by atoms with van der Waals surface area (Å²) in [6.45, 7) is 7.26. The van der Waals surface area contributed by atoms with Crippen LogP contribution in [0.3, 0.4) is 0 Å². The molecule has 0 N–H and O–H groups in total. The monoisotopic (exact) mass is 399 g/mol. The standard InChI is InChI=1S/C14H14NS.C7H8O3S/c1-3-15-10(2)16-14-9-12-7-5-4-6-11(12)8-13(14)15;1-6-2-4-7(5-3-6)11(8,9)10/h4-9H,3H2,1-2H3;2-5H,1H3,(H,8,9,10)/q+1;/p-1. The zero-order chi connectivity index (χ0) is 19.6. The SMILES string of the molecule is CC[n+]1c(C)sc2cc3ccccc3cc21.Cc1ccc(S(=O)(=O)[O-])cc1. The second-order valence-corrected chi connectivity index (χ2v) is 8.91.